The first-order chi connectivity index (χ1) is 10.8. The molecule has 3 rings (SSSR count). The van der Waals surface area contributed by atoms with Crippen LogP contribution in [0.2, 0.25) is 0 Å². The Kier molecular flexibility index (Phi) is 6.81. The minimum atomic E-state index is 0. The topological polar surface area (TPSA) is 41.6 Å². The molecule has 3 nitrogen and oxygen atoms in total. The number of H-pyrrole nitrogens is 1. The van der Waals surface area contributed by atoms with Crippen LogP contribution >= 0.6 is 35.9 Å². The third kappa shape index (κ3) is 4.43. The Balaban J connectivity index is 0.00000192. The Morgan fingerprint density at radius 2 is 1.96 bits per heavy atom. The molecule has 0 unspecified atom stereocenters. The monoisotopic (exact) mass is 365 g/mol. The van der Waals surface area contributed by atoms with Crippen molar-refractivity contribution in [1.29, 1.82) is 0 Å². The number of thioether (sulfide) groups is 2. The molecule has 122 valence electrons. The van der Waals surface area contributed by atoms with Gasteiger partial charge in [0, 0.05) is 11.1 Å². The second-order valence-electron chi connectivity index (χ2n) is 5.08. The van der Waals surface area contributed by atoms with E-state index in [1.165, 1.54) is 16.9 Å². The van der Waals surface area contributed by atoms with E-state index in [9.17, 15) is 0 Å². The van der Waals surface area contributed by atoms with Gasteiger partial charge in [-0.1, -0.05) is 30.8 Å². The highest BCUT2D eigenvalue weighted by molar-refractivity contribution is 7.99. The number of aromatic nitrogens is 3. The Morgan fingerprint density at radius 1 is 1.13 bits per heavy atom. The number of benzene rings is 1. The minimum Gasteiger partial charge on any atom is -0.341 e. The summed E-state index contributed by atoms with van der Waals surface area (Å²) in [5.74, 6) is 2.96. The van der Waals surface area contributed by atoms with Crippen LogP contribution in [-0.2, 0) is 5.75 Å². The molecule has 3 aromatic rings. The fourth-order valence-electron chi connectivity index (χ4n) is 2.22. The van der Waals surface area contributed by atoms with Crippen molar-refractivity contribution in [2.75, 3.05) is 5.75 Å². The fraction of sp³-hybridized carbons (Fsp3) is 0.294. The van der Waals surface area contributed by atoms with Gasteiger partial charge in [0.1, 0.15) is 10.9 Å². The summed E-state index contributed by atoms with van der Waals surface area (Å²) >= 11 is 3.65. The number of nitrogens with one attached hydrogen (secondary N) is 1. The van der Waals surface area contributed by atoms with E-state index in [1.54, 1.807) is 11.8 Å². The lowest BCUT2D eigenvalue weighted by molar-refractivity contribution is 1.02. The zero-order chi connectivity index (χ0) is 15.4. The molecule has 0 spiro atoms. The second kappa shape index (κ2) is 8.62. The van der Waals surface area contributed by atoms with Gasteiger partial charge in [-0.15, -0.1) is 24.2 Å². The second-order valence-corrected chi connectivity index (χ2v) is 7.18. The number of pyridine rings is 1. The normalized spacial score (nSPS) is 10.7. The number of imidazole rings is 1. The summed E-state index contributed by atoms with van der Waals surface area (Å²) in [4.78, 5) is 13.9. The Bertz CT molecular complexity index is 740. The average Bonchev–Trinajstić information content (AvgIpc) is 2.95. The number of aromatic amines is 1. The molecule has 0 radical (unpaired) electrons. The number of hydrogen-bond donors (Lipinski definition) is 1. The van der Waals surface area contributed by atoms with Gasteiger partial charge in [-0.3, -0.25) is 0 Å². The number of rotatable bonds is 6. The van der Waals surface area contributed by atoms with Crippen molar-refractivity contribution < 1.29 is 0 Å². The van der Waals surface area contributed by atoms with Gasteiger partial charge < -0.3 is 4.98 Å². The summed E-state index contributed by atoms with van der Waals surface area (Å²) in [7, 11) is 0. The summed E-state index contributed by atoms with van der Waals surface area (Å²) in [6, 6.07) is 10.2. The van der Waals surface area contributed by atoms with Crippen LogP contribution in [0.3, 0.4) is 0 Å². The van der Waals surface area contributed by atoms with Crippen LogP contribution in [-0.4, -0.2) is 20.7 Å². The van der Waals surface area contributed by atoms with Crippen molar-refractivity contribution in [3.05, 3.63) is 47.9 Å². The van der Waals surface area contributed by atoms with Gasteiger partial charge in [-0.2, -0.15) is 0 Å². The quantitative estimate of drug-likeness (QED) is 0.587. The lowest BCUT2D eigenvalue weighted by Crippen LogP contribution is -1.91. The van der Waals surface area contributed by atoms with Gasteiger partial charge in [0.25, 0.3) is 0 Å². The third-order valence-corrected chi connectivity index (χ3v) is 5.82. The highest BCUT2D eigenvalue weighted by atomic mass is 35.5. The van der Waals surface area contributed by atoms with Gasteiger partial charge in [0.15, 0.2) is 0 Å². The fourth-order valence-corrected chi connectivity index (χ4v) is 4.06. The molecule has 0 bridgehead atoms. The Hall–Kier alpha value is -1.17. The first-order valence-corrected chi connectivity index (χ1v) is 9.40. The highest BCUT2D eigenvalue weighted by Gasteiger charge is 2.08. The zero-order valence-electron chi connectivity index (χ0n) is 13.2. The predicted molar refractivity (Wildman–Crippen MR) is 103 cm³/mol. The van der Waals surface area contributed by atoms with E-state index in [1.807, 2.05) is 36.2 Å². The van der Waals surface area contributed by atoms with Gasteiger partial charge in [-0.05, 0) is 42.9 Å². The van der Waals surface area contributed by atoms with Gasteiger partial charge in [0.2, 0.25) is 0 Å². The van der Waals surface area contributed by atoms with Crippen molar-refractivity contribution in [2.24, 2.45) is 0 Å². The van der Waals surface area contributed by atoms with Gasteiger partial charge in [0.05, 0.1) is 16.8 Å². The number of nitrogens with zero attached hydrogens (tertiary/aromatic N) is 2. The summed E-state index contributed by atoms with van der Waals surface area (Å²) in [6.45, 7) is 4.37. The van der Waals surface area contributed by atoms with E-state index in [0.29, 0.717) is 0 Å². The van der Waals surface area contributed by atoms with E-state index in [0.717, 1.165) is 33.4 Å². The molecule has 0 saturated heterocycles. The highest BCUT2D eigenvalue weighted by Crippen LogP contribution is 2.30. The van der Waals surface area contributed by atoms with Crippen LogP contribution in [0.15, 0.2) is 46.5 Å². The summed E-state index contributed by atoms with van der Waals surface area (Å²) in [5, 5.41) is 1.10. The largest absolute Gasteiger partial charge is 0.341 e. The van der Waals surface area contributed by atoms with Crippen LogP contribution in [0.1, 0.15) is 24.7 Å². The molecule has 2 heterocycles. The number of fused-ring (bicyclic) bond motifs is 1. The van der Waals surface area contributed by atoms with Gasteiger partial charge in [-0.25, -0.2) is 9.97 Å². The maximum Gasteiger partial charge on any atom is 0.117 e. The van der Waals surface area contributed by atoms with Crippen LogP contribution in [0, 0.1) is 6.92 Å². The van der Waals surface area contributed by atoms with Gasteiger partial charge >= 0.3 is 0 Å². The molecule has 0 amide bonds. The number of hydrogen-bond acceptors (Lipinski definition) is 4. The lowest BCUT2D eigenvalue weighted by Gasteiger charge is -2.08. The average molecular weight is 366 g/mol. The Labute approximate surface area is 151 Å². The molecule has 1 N–H and O–H groups in total. The third-order valence-electron chi connectivity index (χ3n) is 3.35. The smallest absolute Gasteiger partial charge is 0.117 e. The van der Waals surface area contributed by atoms with Crippen molar-refractivity contribution in [1.82, 2.24) is 15.0 Å². The molecular weight excluding hydrogens is 346 g/mol. The molecule has 2 aromatic heterocycles. The maximum absolute atomic E-state index is 4.62. The van der Waals surface area contributed by atoms with E-state index in [2.05, 4.69) is 40.9 Å². The summed E-state index contributed by atoms with van der Waals surface area (Å²) in [5.41, 5.74) is 3.40. The molecule has 0 aliphatic heterocycles. The number of halogens is 1. The van der Waals surface area contributed by atoms with Crippen LogP contribution in [0.5, 0.6) is 0 Å². The summed E-state index contributed by atoms with van der Waals surface area (Å²) in [6.07, 6.45) is 3.10. The standard InChI is InChI=1S/C17H19N3S2.ClH/c1-3-10-21-15-8-9-18-17(12(15)2)22-11-16-19-13-6-4-5-7-14(13)20-16;/h4-9H,3,10-11H2,1-2H3,(H,19,20);1H. The molecule has 0 aliphatic carbocycles. The zero-order valence-corrected chi connectivity index (χ0v) is 15.7. The van der Waals surface area contributed by atoms with Crippen LogP contribution in [0.4, 0.5) is 0 Å². The van der Waals surface area contributed by atoms with E-state index < -0.39 is 0 Å². The van der Waals surface area contributed by atoms with Crippen molar-refractivity contribution in [3.63, 3.8) is 0 Å². The first-order valence-electron chi connectivity index (χ1n) is 7.42. The van der Waals surface area contributed by atoms with E-state index in [-0.39, 0.29) is 12.4 Å². The molecule has 23 heavy (non-hydrogen) atoms. The summed E-state index contributed by atoms with van der Waals surface area (Å²) < 4.78 is 0. The molecule has 0 aliphatic rings. The van der Waals surface area contributed by atoms with Crippen molar-refractivity contribution >= 4 is 47.0 Å². The molecule has 0 atom stereocenters. The SMILES string of the molecule is CCCSc1ccnc(SCc2nc3ccccc3[nH]2)c1C.Cl. The molecule has 0 saturated carbocycles. The maximum atomic E-state index is 4.62. The van der Waals surface area contributed by atoms with Crippen molar-refractivity contribution in [3.8, 4) is 0 Å². The lowest BCUT2D eigenvalue weighted by atomic mass is 10.3. The molecule has 1 aromatic carbocycles. The van der Waals surface area contributed by atoms with E-state index >= 15 is 0 Å². The van der Waals surface area contributed by atoms with E-state index in [4.69, 9.17) is 0 Å². The molecule has 0 fully saturated rings. The first kappa shape index (κ1) is 18.2. The molecular formula is C17H20ClN3S2. The molecule has 6 heteroatoms. The van der Waals surface area contributed by atoms with Crippen molar-refractivity contribution in [2.45, 2.75) is 35.9 Å². The van der Waals surface area contributed by atoms with Crippen LogP contribution in [0.25, 0.3) is 11.0 Å². The predicted octanol–water partition coefficient (Wildman–Crippen LogP) is 5.48. The van der Waals surface area contributed by atoms with Crippen LogP contribution < -0.4 is 0 Å². The Morgan fingerprint density at radius 3 is 2.74 bits per heavy atom. The number of para-hydroxylation sites is 2. The minimum absolute atomic E-state index is 0.